The molecule has 23 heavy (non-hydrogen) atoms. The fourth-order valence-corrected chi connectivity index (χ4v) is 2.15. The molecule has 3 aromatic rings. The van der Waals surface area contributed by atoms with Crippen LogP contribution in [0.4, 0.5) is 4.39 Å². The van der Waals surface area contributed by atoms with Crippen molar-refractivity contribution in [2.75, 3.05) is 6.61 Å². The zero-order valence-electron chi connectivity index (χ0n) is 12.6. The highest BCUT2D eigenvalue weighted by atomic mass is 19.1. The third-order valence-corrected chi connectivity index (χ3v) is 3.20. The Morgan fingerprint density at radius 3 is 2.91 bits per heavy atom. The number of carbonyl (C=O) groups is 1. The Morgan fingerprint density at radius 2 is 2.17 bits per heavy atom. The maximum Gasteiger partial charge on any atom is 0.378 e. The number of hydrogen-bond donors (Lipinski definition) is 0. The second kappa shape index (κ2) is 6.08. The lowest BCUT2D eigenvalue weighted by Crippen LogP contribution is -2.05. The number of halogens is 1. The maximum atomic E-state index is 14.0. The van der Waals surface area contributed by atoms with E-state index in [0.717, 1.165) is 5.56 Å². The molecule has 0 radical (unpaired) electrons. The number of nitrogens with zero attached hydrogens (tertiary/aromatic N) is 1. The van der Waals surface area contributed by atoms with E-state index in [1.165, 1.54) is 24.5 Å². The predicted octanol–water partition coefficient (Wildman–Crippen LogP) is 4.24. The first-order valence-electron chi connectivity index (χ1n) is 7.07. The molecule has 0 bridgehead atoms. The van der Waals surface area contributed by atoms with E-state index in [1.54, 1.807) is 26.0 Å². The molecule has 0 N–H and O–H groups in total. The van der Waals surface area contributed by atoms with Crippen molar-refractivity contribution in [3.8, 4) is 11.5 Å². The van der Waals surface area contributed by atoms with Gasteiger partial charge >= 0.3 is 5.97 Å². The van der Waals surface area contributed by atoms with E-state index in [0.29, 0.717) is 11.0 Å². The molecule has 0 aliphatic rings. The second-order valence-electron chi connectivity index (χ2n) is 4.89. The summed E-state index contributed by atoms with van der Waals surface area (Å²) >= 11 is 0. The molecule has 0 fully saturated rings. The number of aromatic nitrogens is 1. The van der Waals surface area contributed by atoms with Gasteiger partial charge in [-0.05, 0) is 37.6 Å². The summed E-state index contributed by atoms with van der Waals surface area (Å²) < 4.78 is 30.1. The van der Waals surface area contributed by atoms with Crippen molar-refractivity contribution >= 4 is 16.9 Å². The molecule has 6 heteroatoms. The fraction of sp³-hybridized carbons (Fsp3) is 0.176. The van der Waals surface area contributed by atoms with E-state index in [-0.39, 0.29) is 23.9 Å². The molecule has 0 atom stereocenters. The minimum Gasteiger partial charge on any atom is -0.460 e. The summed E-state index contributed by atoms with van der Waals surface area (Å²) in [6.07, 6.45) is 3.01. The van der Waals surface area contributed by atoms with Crippen LogP contribution in [-0.4, -0.2) is 17.6 Å². The van der Waals surface area contributed by atoms with E-state index in [2.05, 4.69) is 4.98 Å². The Bertz CT molecular complexity index is 872. The van der Waals surface area contributed by atoms with Crippen molar-refractivity contribution in [1.29, 1.82) is 0 Å². The van der Waals surface area contributed by atoms with Crippen molar-refractivity contribution in [3.63, 3.8) is 0 Å². The van der Waals surface area contributed by atoms with Gasteiger partial charge in [-0.25, -0.2) is 9.18 Å². The van der Waals surface area contributed by atoms with Gasteiger partial charge in [-0.2, -0.15) is 0 Å². The SMILES string of the molecule is CCOC(=O)c1oc2ccncc2c1Oc1ccc(C)cc1F. The largest absolute Gasteiger partial charge is 0.460 e. The Labute approximate surface area is 131 Å². The van der Waals surface area contributed by atoms with E-state index in [9.17, 15) is 9.18 Å². The van der Waals surface area contributed by atoms with Crippen molar-refractivity contribution in [3.05, 3.63) is 53.8 Å². The summed E-state index contributed by atoms with van der Waals surface area (Å²) in [5, 5.41) is 0.468. The van der Waals surface area contributed by atoms with Crippen molar-refractivity contribution in [1.82, 2.24) is 4.98 Å². The molecule has 5 nitrogen and oxygen atoms in total. The maximum absolute atomic E-state index is 14.0. The molecule has 0 aliphatic carbocycles. The van der Waals surface area contributed by atoms with Crippen LogP contribution in [0.15, 0.2) is 41.1 Å². The standard InChI is InChI=1S/C17H14FNO4/c1-3-21-17(20)16-15(11-9-19-7-6-13(11)22-16)23-14-5-4-10(2)8-12(14)18/h4-9H,3H2,1-2H3. The van der Waals surface area contributed by atoms with Gasteiger partial charge < -0.3 is 13.9 Å². The summed E-state index contributed by atoms with van der Waals surface area (Å²) in [4.78, 5) is 16.0. The van der Waals surface area contributed by atoms with E-state index in [1.807, 2.05) is 0 Å². The van der Waals surface area contributed by atoms with Crippen LogP contribution in [0.25, 0.3) is 11.0 Å². The van der Waals surface area contributed by atoms with E-state index in [4.69, 9.17) is 13.9 Å². The summed E-state index contributed by atoms with van der Waals surface area (Å²) in [5.74, 6) is -1.24. The van der Waals surface area contributed by atoms with Crippen molar-refractivity contribution in [2.45, 2.75) is 13.8 Å². The number of furan rings is 1. The number of pyridine rings is 1. The Kier molecular flexibility index (Phi) is 3.97. The number of rotatable bonds is 4. The molecule has 2 aromatic heterocycles. The summed E-state index contributed by atoms with van der Waals surface area (Å²) in [7, 11) is 0. The van der Waals surface area contributed by atoms with Gasteiger partial charge in [0.15, 0.2) is 17.3 Å². The molecule has 118 valence electrons. The van der Waals surface area contributed by atoms with Crippen molar-refractivity contribution < 1.29 is 23.1 Å². The number of fused-ring (bicyclic) bond motifs is 1. The van der Waals surface area contributed by atoms with Crippen LogP contribution in [0.1, 0.15) is 23.0 Å². The van der Waals surface area contributed by atoms with Crippen LogP contribution in [0.5, 0.6) is 11.5 Å². The topological polar surface area (TPSA) is 61.6 Å². The molecule has 0 aliphatic heterocycles. The molecule has 0 saturated heterocycles. The smallest absolute Gasteiger partial charge is 0.378 e. The van der Waals surface area contributed by atoms with Crippen LogP contribution in [-0.2, 0) is 4.74 Å². The molecular weight excluding hydrogens is 301 g/mol. The van der Waals surface area contributed by atoms with Gasteiger partial charge in [0, 0.05) is 12.4 Å². The van der Waals surface area contributed by atoms with Gasteiger partial charge in [0.1, 0.15) is 5.58 Å². The number of carbonyl (C=O) groups excluding carboxylic acids is 1. The zero-order chi connectivity index (χ0) is 16.4. The third kappa shape index (κ3) is 2.88. The normalized spacial score (nSPS) is 10.7. The second-order valence-corrected chi connectivity index (χ2v) is 4.89. The van der Waals surface area contributed by atoms with Gasteiger partial charge in [-0.3, -0.25) is 4.98 Å². The Balaban J connectivity index is 2.10. The highest BCUT2D eigenvalue weighted by Crippen LogP contribution is 2.37. The highest BCUT2D eigenvalue weighted by molar-refractivity contribution is 5.98. The molecular formula is C17H14FNO4. The number of ether oxygens (including phenoxy) is 2. The first kappa shape index (κ1) is 15.0. The number of aryl methyl sites for hydroxylation is 1. The molecule has 2 heterocycles. The molecule has 3 rings (SSSR count). The summed E-state index contributed by atoms with van der Waals surface area (Å²) in [5.41, 5.74) is 1.17. The molecule has 0 amide bonds. The van der Waals surface area contributed by atoms with Gasteiger partial charge in [0.05, 0.1) is 12.0 Å². The minimum absolute atomic E-state index is 0.00676. The third-order valence-electron chi connectivity index (χ3n) is 3.20. The van der Waals surface area contributed by atoms with Crippen LogP contribution < -0.4 is 4.74 Å². The summed E-state index contributed by atoms with van der Waals surface area (Å²) in [6.45, 7) is 3.64. The highest BCUT2D eigenvalue weighted by Gasteiger charge is 2.24. The number of benzene rings is 1. The zero-order valence-corrected chi connectivity index (χ0v) is 12.6. The minimum atomic E-state index is -0.675. The Hall–Kier alpha value is -2.89. The average molecular weight is 315 g/mol. The van der Waals surface area contributed by atoms with Gasteiger partial charge in [0.25, 0.3) is 5.76 Å². The molecule has 0 saturated carbocycles. The van der Waals surface area contributed by atoms with Crippen LogP contribution in [0.3, 0.4) is 0 Å². The average Bonchev–Trinajstić information content (AvgIpc) is 2.89. The lowest BCUT2D eigenvalue weighted by molar-refractivity contribution is 0.0488. The van der Waals surface area contributed by atoms with E-state index >= 15 is 0 Å². The summed E-state index contributed by atoms with van der Waals surface area (Å²) in [6, 6.07) is 6.15. The number of esters is 1. The van der Waals surface area contributed by atoms with Gasteiger partial charge in [-0.15, -0.1) is 0 Å². The Morgan fingerprint density at radius 1 is 1.35 bits per heavy atom. The van der Waals surface area contributed by atoms with E-state index < -0.39 is 11.8 Å². The van der Waals surface area contributed by atoms with Gasteiger partial charge in [0.2, 0.25) is 0 Å². The lowest BCUT2D eigenvalue weighted by atomic mass is 10.2. The van der Waals surface area contributed by atoms with Crippen LogP contribution in [0, 0.1) is 12.7 Å². The van der Waals surface area contributed by atoms with Crippen LogP contribution >= 0.6 is 0 Å². The lowest BCUT2D eigenvalue weighted by Gasteiger charge is -2.07. The predicted molar refractivity (Wildman–Crippen MR) is 81.2 cm³/mol. The molecule has 1 aromatic carbocycles. The first-order valence-corrected chi connectivity index (χ1v) is 7.07. The van der Waals surface area contributed by atoms with Gasteiger partial charge in [-0.1, -0.05) is 6.07 Å². The quantitative estimate of drug-likeness (QED) is 0.674. The van der Waals surface area contributed by atoms with Crippen molar-refractivity contribution in [2.24, 2.45) is 0 Å². The molecule has 0 unspecified atom stereocenters. The van der Waals surface area contributed by atoms with Crippen LogP contribution in [0.2, 0.25) is 0 Å². The number of hydrogen-bond acceptors (Lipinski definition) is 5. The fourth-order valence-electron chi connectivity index (χ4n) is 2.15. The molecule has 0 spiro atoms. The first-order chi connectivity index (χ1) is 11.1. The monoisotopic (exact) mass is 315 g/mol.